The molecule has 0 saturated heterocycles. The van der Waals surface area contributed by atoms with Gasteiger partial charge in [0.05, 0.1) is 26.4 Å². The van der Waals surface area contributed by atoms with Crippen molar-refractivity contribution in [3.8, 4) is 0 Å². The van der Waals surface area contributed by atoms with Gasteiger partial charge in [0.15, 0.2) is 0 Å². The van der Waals surface area contributed by atoms with Crippen molar-refractivity contribution in [1.29, 1.82) is 0 Å². The fourth-order valence-electron chi connectivity index (χ4n) is 1.40. The van der Waals surface area contributed by atoms with Crippen molar-refractivity contribution in [2.24, 2.45) is 5.11 Å². The molecule has 0 atom stereocenters. The lowest BCUT2D eigenvalue weighted by Crippen LogP contribution is -2.27. The third-order valence-electron chi connectivity index (χ3n) is 2.34. The summed E-state index contributed by atoms with van der Waals surface area (Å²) in [4.78, 5) is 14.3. The van der Waals surface area contributed by atoms with Gasteiger partial charge in [-0.2, -0.15) is 0 Å². The minimum atomic E-state index is -0.111. The second-order valence-corrected chi connectivity index (χ2v) is 3.80. The van der Waals surface area contributed by atoms with Crippen molar-refractivity contribution in [1.82, 2.24) is 5.32 Å². The summed E-state index contributed by atoms with van der Waals surface area (Å²) in [6.45, 7) is 2.47. The molecule has 20 heavy (non-hydrogen) atoms. The van der Waals surface area contributed by atoms with Gasteiger partial charge in [-0.05, 0) is 17.7 Å². The summed E-state index contributed by atoms with van der Waals surface area (Å²) in [6.07, 6.45) is 0. The van der Waals surface area contributed by atoms with Crippen molar-refractivity contribution >= 4 is 5.91 Å². The SMILES string of the molecule is [N-]=[N+]=NCCOCCOCCNC(=O)c1ccccc1. The Balaban J connectivity index is 1.95. The number of nitrogens with one attached hydrogen (secondary N) is 1. The van der Waals surface area contributed by atoms with E-state index in [9.17, 15) is 4.79 Å². The van der Waals surface area contributed by atoms with Crippen LogP contribution in [0.15, 0.2) is 35.4 Å². The zero-order valence-corrected chi connectivity index (χ0v) is 11.2. The molecule has 1 N–H and O–H groups in total. The van der Waals surface area contributed by atoms with Gasteiger partial charge < -0.3 is 14.8 Å². The summed E-state index contributed by atoms with van der Waals surface area (Å²) in [5, 5.41) is 6.09. The second kappa shape index (κ2) is 10.8. The topological polar surface area (TPSA) is 96.3 Å². The first-order valence-corrected chi connectivity index (χ1v) is 6.34. The van der Waals surface area contributed by atoms with Gasteiger partial charge in [-0.3, -0.25) is 4.79 Å². The Labute approximate surface area is 117 Å². The van der Waals surface area contributed by atoms with Crippen LogP contribution in [-0.2, 0) is 9.47 Å². The van der Waals surface area contributed by atoms with Gasteiger partial charge in [-0.1, -0.05) is 23.3 Å². The van der Waals surface area contributed by atoms with Crippen LogP contribution in [0.2, 0.25) is 0 Å². The van der Waals surface area contributed by atoms with E-state index in [-0.39, 0.29) is 5.91 Å². The molecule has 7 heteroatoms. The van der Waals surface area contributed by atoms with Gasteiger partial charge in [-0.25, -0.2) is 0 Å². The zero-order valence-electron chi connectivity index (χ0n) is 11.2. The highest BCUT2D eigenvalue weighted by Crippen LogP contribution is 1.97. The van der Waals surface area contributed by atoms with Crippen LogP contribution in [0.25, 0.3) is 10.4 Å². The van der Waals surface area contributed by atoms with Gasteiger partial charge in [0.1, 0.15) is 0 Å². The van der Waals surface area contributed by atoms with Crippen LogP contribution in [0.1, 0.15) is 10.4 Å². The van der Waals surface area contributed by atoms with Gasteiger partial charge in [0.2, 0.25) is 0 Å². The third kappa shape index (κ3) is 7.38. The number of carbonyl (C=O) groups is 1. The Kier molecular flexibility index (Phi) is 8.63. The Morgan fingerprint density at radius 2 is 1.85 bits per heavy atom. The molecule has 0 bridgehead atoms. The molecule has 0 aromatic heterocycles. The van der Waals surface area contributed by atoms with E-state index in [1.54, 1.807) is 12.1 Å². The summed E-state index contributed by atoms with van der Waals surface area (Å²) in [5.74, 6) is -0.111. The molecule has 0 aliphatic rings. The van der Waals surface area contributed by atoms with Crippen molar-refractivity contribution in [3.63, 3.8) is 0 Å². The molecule has 1 aromatic carbocycles. The number of azide groups is 1. The molecule has 0 unspecified atom stereocenters. The van der Waals surface area contributed by atoms with Gasteiger partial charge >= 0.3 is 0 Å². The molecule has 1 aromatic rings. The summed E-state index contributed by atoms with van der Waals surface area (Å²) in [5.41, 5.74) is 8.67. The van der Waals surface area contributed by atoms with Crippen LogP contribution in [0.5, 0.6) is 0 Å². The number of amides is 1. The molecule has 1 amide bonds. The highest BCUT2D eigenvalue weighted by Gasteiger charge is 2.02. The van der Waals surface area contributed by atoms with Gasteiger partial charge in [0, 0.05) is 23.6 Å². The standard InChI is InChI=1S/C13H18N4O3/c14-17-16-7-9-20-11-10-19-8-6-15-13(18)12-4-2-1-3-5-12/h1-5H,6-11H2,(H,15,18). The Morgan fingerprint density at radius 3 is 2.55 bits per heavy atom. The monoisotopic (exact) mass is 278 g/mol. The van der Waals surface area contributed by atoms with E-state index in [2.05, 4.69) is 15.3 Å². The first-order valence-electron chi connectivity index (χ1n) is 6.34. The average molecular weight is 278 g/mol. The predicted octanol–water partition coefficient (Wildman–Crippen LogP) is 1.76. The Hall–Kier alpha value is -2.08. The molecule has 0 fully saturated rings. The molecule has 0 aliphatic carbocycles. The number of rotatable bonds is 10. The van der Waals surface area contributed by atoms with E-state index >= 15 is 0 Å². The van der Waals surface area contributed by atoms with E-state index in [1.807, 2.05) is 18.2 Å². The minimum Gasteiger partial charge on any atom is -0.379 e. The number of hydrogen-bond donors (Lipinski definition) is 1. The lowest BCUT2D eigenvalue weighted by Gasteiger charge is -2.06. The molecular formula is C13H18N4O3. The zero-order chi connectivity index (χ0) is 14.5. The van der Waals surface area contributed by atoms with E-state index in [0.29, 0.717) is 45.1 Å². The predicted molar refractivity (Wildman–Crippen MR) is 74.4 cm³/mol. The summed E-state index contributed by atoms with van der Waals surface area (Å²) in [6, 6.07) is 9.02. The number of benzene rings is 1. The maximum Gasteiger partial charge on any atom is 0.251 e. The largest absolute Gasteiger partial charge is 0.379 e. The van der Waals surface area contributed by atoms with Crippen LogP contribution in [-0.4, -0.2) is 45.4 Å². The summed E-state index contributed by atoms with van der Waals surface area (Å²) in [7, 11) is 0. The highest BCUT2D eigenvalue weighted by molar-refractivity contribution is 5.94. The maximum atomic E-state index is 11.6. The first-order chi connectivity index (χ1) is 9.84. The number of carbonyl (C=O) groups excluding carboxylic acids is 1. The van der Waals surface area contributed by atoms with Crippen molar-refractivity contribution in [2.75, 3.05) is 39.5 Å². The van der Waals surface area contributed by atoms with Gasteiger partial charge in [0.25, 0.3) is 5.91 Å². The van der Waals surface area contributed by atoms with E-state index in [1.165, 1.54) is 0 Å². The number of ether oxygens (including phenoxy) is 2. The van der Waals surface area contributed by atoms with Crippen molar-refractivity contribution in [3.05, 3.63) is 46.3 Å². The van der Waals surface area contributed by atoms with E-state index < -0.39 is 0 Å². The minimum absolute atomic E-state index is 0.111. The lowest BCUT2D eigenvalue weighted by molar-refractivity contribution is 0.0511. The van der Waals surface area contributed by atoms with Crippen LogP contribution in [0, 0.1) is 0 Å². The van der Waals surface area contributed by atoms with E-state index in [4.69, 9.17) is 15.0 Å². The first kappa shape index (κ1) is 16.0. The molecular weight excluding hydrogens is 260 g/mol. The average Bonchev–Trinajstić information content (AvgIpc) is 2.50. The highest BCUT2D eigenvalue weighted by atomic mass is 16.5. The lowest BCUT2D eigenvalue weighted by atomic mass is 10.2. The normalized spacial score (nSPS) is 9.80. The third-order valence-corrected chi connectivity index (χ3v) is 2.34. The van der Waals surface area contributed by atoms with Crippen LogP contribution >= 0.6 is 0 Å². The quantitative estimate of drug-likeness (QED) is 0.305. The van der Waals surface area contributed by atoms with E-state index in [0.717, 1.165) is 0 Å². The van der Waals surface area contributed by atoms with Crippen molar-refractivity contribution in [2.45, 2.75) is 0 Å². The van der Waals surface area contributed by atoms with Crippen LogP contribution in [0.4, 0.5) is 0 Å². The van der Waals surface area contributed by atoms with Crippen LogP contribution < -0.4 is 5.32 Å². The van der Waals surface area contributed by atoms with Gasteiger partial charge in [-0.15, -0.1) is 0 Å². The fraction of sp³-hybridized carbons (Fsp3) is 0.462. The number of nitrogens with zero attached hydrogens (tertiary/aromatic N) is 3. The second-order valence-electron chi connectivity index (χ2n) is 3.80. The maximum absolute atomic E-state index is 11.6. The molecule has 0 aliphatic heterocycles. The fourth-order valence-corrected chi connectivity index (χ4v) is 1.40. The molecule has 0 spiro atoms. The van der Waals surface area contributed by atoms with Crippen LogP contribution in [0.3, 0.4) is 0 Å². The molecule has 108 valence electrons. The summed E-state index contributed by atoms with van der Waals surface area (Å²) < 4.78 is 10.4. The molecule has 0 saturated carbocycles. The Morgan fingerprint density at radius 1 is 1.15 bits per heavy atom. The number of hydrogen-bond acceptors (Lipinski definition) is 4. The summed E-state index contributed by atoms with van der Waals surface area (Å²) >= 11 is 0. The molecule has 7 nitrogen and oxygen atoms in total. The molecule has 1 rings (SSSR count). The molecule has 0 heterocycles. The van der Waals surface area contributed by atoms with Crippen molar-refractivity contribution < 1.29 is 14.3 Å². The Bertz CT molecular complexity index is 433. The smallest absolute Gasteiger partial charge is 0.251 e. The molecule has 0 radical (unpaired) electrons.